The summed E-state index contributed by atoms with van der Waals surface area (Å²) < 4.78 is 32.5. The van der Waals surface area contributed by atoms with Crippen molar-refractivity contribution in [2.75, 3.05) is 24.3 Å². The smallest absolute Gasteiger partial charge is 0.268 e. The van der Waals surface area contributed by atoms with Gasteiger partial charge in [-0.25, -0.2) is 8.78 Å². The van der Waals surface area contributed by atoms with Crippen LogP contribution in [-0.2, 0) is 21.0 Å². The lowest BCUT2D eigenvalue weighted by atomic mass is 10.0. The van der Waals surface area contributed by atoms with Crippen LogP contribution in [0.5, 0.6) is 5.75 Å². The topological polar surface area (TPSA) is 49.9 Å². The van der Waals surface area contributed by atoms with Gasteiger partial charge in [-0.3, -0.25) is 9.59 Å². The number of rotatable bonds is 4. The van der Waals surface area contributed by atoms with Crippen molar-refractivity contribution in [1.82, 2.24) is 4.90 Å². The Morgan fingerprint density at radius 3 is 2.63 bits per heavy atom. The molecule has 0 N–H and O–H groups in total. The molecule has 8 heteroatoms. The van der Waals surface area contributed by atoms with Crippen molar-refractivity contribution >= 4 is 29.3 Å². The molecule has 1 fully saturated rings. The van der Waals surface area contributed by atoms with E-state index in [0.717, 1.165) is 12.1 Å². The summed E-state index contributed by atoms with van der Waals surface area (Å²) >= 11 is 1.42. The number of carbonyl (C=O) groups excluding carboxylic acids is 2. The maximum absolute atomic E-state index is 13.8. The van der Waals surface area contributed by atoms with Crippen LogP contribution in [0.4, 0.5) is 14.5 Å². The fourth-order valence-electron chi connectivity index (χ4n) is 4.03. The van der Waals surface area contributed by atoms with E-state index >= 15 is 0 Å². The van der Waals surface area contributed by atoms with Gasteiger partial charge >= 0.3 is 0 Å². The predicted octanol–water partition coefficient (Wildman–Crippen LogP) is 3.90. The van der Waals surface area contributed by atoms with Gasteiger partial charge in [0.05, 0.1) is 19.3 Å². The Morgan fingerprint density at radius 1 is 1.20 bits per heavy atom. The van der Waals surface area contributed by atoms with Crippen molar-refractivity contribution in [2.24, 2.45) is 5.92 Å². The lowest BCUT2D eigenvalue weighted by Crippen LogP contribution is -2.51. The molecule has 2 aliphatic heterocycles. The number of hydrogen-bond acceptors (Lipinski definition) is 4. The molecule has 0 aromatic heterocycles. The molecule has 0 aliphatic carbocycles. The van der Waals surface area contributed by atoms with E-state index in [0.29, 0.717) is 34.9 Å². The Bertz CT molecular complexity index is 1030. The van der Waals surface area contributed by atoms with Gasteiger partial charge in [0.25, 0.3) is 5.91 Å². The van der Waals surface area contributed by atoms with Crippen molar-refractivity contribution < 1.29 is 23.1 Å². The summed E-state index contributed by atoms with van der Waals surface area (Å²) in [5.41, 5.74) is 1.79. The van der Waals surface area contributed by atoms with Crippen LogP contribution in [0.15, 0.2) is 36.4 Å². The van der Waals surface area contributed by atoms with Gasteiger partial charge in [-0.1, -0.05) is 19.9 Å². The Kier molecular flexibility index (Phi) is 5.22. The minimum Gasteiger partial charge on any atom is -0.497 e. The van der Waals surface area contributed by atoms with E-state index in [1.165, 1.54) is 17.8 Å². The van der Waals surface area contributed by atoms with Crippen molar-refractivity contribution in [3.8, 4) is 5.75 Å². The summed E-state index contributed by atoms with van der Waals surface area (Å²) in [6.45, 7) is 4.15. The van der Waals surface area contributed by atoms with E-state index in [4.69, 9.17) is 4.74 Å². The molecule has 0 saturated carbocycles. The zero-order valence-corrected chi connectivity index (χ0v) is 17.8. The highest BCUT2D eigenvalue weighted by molar-refractivity contribution is 8.01. The highest BCUT2D eigenvalue weighted by Crippen LogP contribution is 2.55. The van der Waals surface area contributed by atoms with E-state index in [1.807, 2.05) is 13.8 Å². The van der Waals surface area contributed by atoms with Crippen LogP contribution in [0.2, 0.25) is 0 Å². The number of anilines is 1. The van der Waals surface area contributed by atoms with Crippen LogP contribution in [0.3, 0.4) is 0 Å². The summed E-state index contributed by atoms with van der Waals surface area (Å²) in [5, 5.41) is 0. The van der Waals surface area contributed by atoms with Crippen LogP contribution in [-0.4, -0.2) is 36.1 Å². The zero-order valence-electron chi connectivity index (χ0n) is 16.9. The lowest BCUT2D eigenvalue weighted by Gasteiger charge is -2.34. The van der Waals surface area contributed by atoms with Crippen molar-refractivity contribution in [3.05, 3.63) is 59.2 Å². The average Bonchev–Trinajstić information content (AvgIpc) is 3.27. The summed E-state index contributed by atoms with van der Waals surface area (Å²) in [7, 11) is 1.54. The molecule has 1 spiro atoms. The number of halogens is 2. The summed E-state index contributed by atoms with van der Waals surface area (Å²) in [5.74, 6) is -1.31. The molecule has 1 saturated heterocycles. The molecule has 4 rings (SSSR count). The molecule has 2 heterocycles. The second-order valence-electron chi connectivity index (χ2n) is 7.66. The van der Waals surface area contributed by atoms with Gasteiger partial charge in [0.1, 0.15) is 5.75 Å². The number of benzene rings is 2. The predicted molar refractivity (Wildman–Crippen MR) is 111 cm³/mol. The Labute approximate surface area is 178 Å². The maximum atomic E-state index is 13.8. The normalized spacial score (nSPS) is 20.4. The van der Waals surface area contributed by atoms with Gasteiger partial charge in [-0.05, 0) is 35.9 Å². The van der Waals surface area contributed by atoms with E-state index in [1.54, 1.807) is 35.1 Å². The Hall–Kier alpha value is -2.61. The minimum absolute atomic E-state index is 0.0708. The first-order valence-electron chi connectivity index (χ1n) is 9.69. The molecule has 2 aromatic carbocycles. The molecule has 2 aliphatic rings. The molecular weight excluding hydrogens is 410 g/mol. The highest BCUT2D eigenvalue weighted by Gasteiger charge is 2.59. The molecule has 158 valence electrons. The second kappa shape index (κ2) is 7.58. The highest BCUT2D eigenvalue weighted by atomic mass is 32.2. The summed E-state index contributed by atoms with van der Waals surface area (Å²) in [4.78, 5) is 28.8. The third kappa shape index (κ3) is 3.05. The molecular formula is C22H22F2N2O3S. The van der Waals surface area contributed by atoms with E-state index in [-0.39, 0.29) is 24.3 Å². The van der Waals surface area contributed by atoms with Gasteiger partial charge in [0.15, 0.2) is 16.5 Å². The number of carbonyl (C=O) groups is 2. The molecule has 0 unspecified atom stereocenters. The maximum Gasteiger partial charge on any atom is 0.268 e. The van der Waals surface area contributed by atoms with Crippen LogP contribution < -0.4 is 9.64 Å². The number of hydrogen-bond donors (Lipinski definition) is 0. The van der Waals surface area contributed by atoms with Crippen molar-refractivity contribution in [2.45, 2.75) is 25.3 Å². The van der Waals surface area contributed by atoms with Crippen molar-refractivity contribution in [3.63, 3.8) is 0 Å². The van der Waals surface area contributed by atoms with Gasteiger partial charge in [0.2, 0.25) is 5.91 Å². The van der Waals surface area contributed by atoms with Crippen LogP contribution >= 0.6 is 11.8 Å². The number of ether oxygens (including phenoxy) is 1. The van der Waals surface area contributed by atoms with Crippen LogP contribution in [0.1, 0.15) is 25.0 Å². The largest absolute Gasteiger partial charge is 0.497 e. The standard InChI is InChI=1S/C22H22F2N2O3S/c1-13(2)20(27)26-8-9-30-22(26)16-11-15(29-3)5-7-19(16)25(21(22)28)12-14-4-6-17(23)18(24)10-14/h4-7,10-11,13H,8-9,12H2,1-3H3/t22-/m0/s1. The second-order valence-corrected chi connectivity index (χ2v) is 8.95. The number of fused-ring (bicyclic) bond motifs is 2. The first-order chi connectivity index (χ1) is 14.3. The number of methoxy groups -OCH3 is 1. The first-order valence-corrected chi connectivity index (χ1v) is 10.7. The quantitative estimate of drug-likeness (QED) is 0.735. The molecule has 1 atom stereocenters. The van der Waals surface area contributed by atoms with Crippen LogP contribution in [0.25, 0.3) is 0 Å². The Balaban J connectivity index is 1.82. The average molecular weight is 432 g/mol. The van der Waals surface area contributed by atoms with Gasteiger partial charge in [-0.2, -0.15) is 0 Å². The van der Waals surface area contributed by atoms with E-state index in [2.05, 4.69) is 0 Å². The number of amides is 2. The monoisotopic (exact) mass is 432 g/mol. The molecule has 2 aromatic rings. The molecule has 0 radical (unpaired) electrons. The SMILES string of the molecule is COc1ccc2c(c1)[C@]1(SCCN1C(=O)C(C)C)C(=O)N2Cc1ccc(F)c(F)c1. The van der Waals surface area contributed by atoms with E-state index < -0.39 is 16.5 Å². The molecule has 5 nitrogen and oxygen atoms in total. The summed E-state index contributed by atoms with van der Waals surface area (Å²) in [6, 6.07) is 8.91. The first kappa shape index (κ1) is 20.7. The fraction of sp³-hybridized carbons (Fsp3) is 0.364. The zero-order chi connectivity index (χ0) is 21.6. The van der Waals surface area contributed by atoms with Gasteiger partial charge in [0, 0.05) is 23.8 Å². The summed E-state index contributed by atoms with van der Waals surface area (Å²) in [6.07, 6.45) is 0. The number of nitrogens with zero attached hydrogens (tertiary/aromatic N) is 2. The molecule has 0 bridgehead atoms. The molecule has 2 amide bonds. The molecule has 30 heavy (non-hydrogen) atoms. The fourth-order valence-corrected chi connectivity index (χ4v) is 5.49. The van der Waals surface area contributed by atoms with Crippen molar-refractivity contribution in [1.29, 1.82) is 0 Å². The third-order valence-electron chi connectivity index (χ3n) is 5.49. The minimum atomic E-state index is -1.18. The third-order valence-corrected chi connectivity index (χ3v) is 6.90. The number of thioether (sulfide) groups is 1. The lowest BCUT2D eigenvalue weighted by molar-refractivity contribution is -0.142. The van der Waals surface area contributed by atoms with Crippen LogP contribution in [0, 0.1) is 17.6 Å². The van der Waals surface area contributed by atoms with Gasteiger partial charge in [-0.15, -0.1) is 11.8 Å². The van der Waals surface area contributed by atoms with Gasteiger partial charge < -0.3 is 14.5 Å². The Morgan fingerprint density at radius 2 is 1.97 bits per heavy atom. The van der Waals surface area contributed by atoms with E-state index in [9.17, 15) is 18.4 Å².